The molecule has 0 spiro atoms. The zero-order chi connectivity index (χ0) is 15.7. The van der Waals surface area contributed by atoms with Crippen LogP contribution in [0.2, 0.25) is 0 Å². The lowest BCUT2D eigenvalue weighted by molar-refractivity contribution is -0.121. The molecule has 1 heterocycles. The maximum absolute atomic E-state index is 12.1. The smallest absolute Gasteiger partial charge is 0.224 e. The maximum Gasteiger partial charge on any atom is 0.224 e. The molecule has 1 N–H and O–H groups in total. The van der Waals surface area contributed by atoms with E-state index in [1.165, 1.54) is 12.8 Å². The Morgan fingerprint density at radius 3 is 2.77 bits per heavy atom. The highest BCUT2D eigenvalue weighted by Gasteiger charge is 2.17. The van der Waals surface area contributed by atoms with E-state index in [9.17, 15) is 4.79 Å². The van der Waals surface area contributed by atoms with Crippen LogP contribution < -0.4 is 5.32 Å². The van der Waals surface area contributed by atoms with E-state index >= 15 is 0 Å². The van der Waals surface area contributed by atoms with E-state index in [4.69, 9.17) is 0 Å². The fourth-order valence-corrected chi connectivity index (χ4v) is 3.56. The molecule has 1 saturated carbocycles. The van der Waals surface area contributed by atoms with Gasteiger partial charge in [0.2, 0.25) is 5.91 Å². The SMILES string of the molecule is Cc1nc2cc(CC(=O)NC3CCCC3)ccc2n1C(C)C. The molecule has 0 bridgehead atoms. The molecule has 3 rings (SSSR count). The summed E-state index contributed by atoms with van der Waals surface area (Å²) >= 11 is 0. The number of nitrogens with one attached hydrogen (secondary N) is 1. The average Bonchev–Trinajstić information content (AvgIpc) is 3.04. The van der Waals surface area contributed by atoms with E-state index in [1.54, 1.807) is 0 Å². The van der Waals surface area contributed by atoms with Gasteiger partial charge in [0.1, 0.15) is 5.82 Å². The van der Waals surface area contributed by atoms with Gasteiger partial charge >= 0.3 is 0 Å². The van der Waals surface area contributed by atoms with E-state index < -0.39 is 0 Å². The predicted molar refractivity (Wildman–Crippen MR) is 89.0 cm³/mol. The normalized spacial score (nSPS) is 15.8. The van der Waals surface area contributed by atoms with Gasteiger partial charge in [-0.25, -0.2) is 4.98 Å². The molecule has 118 valence electrons. The fraction of sp³-hybridized carbons (Fsp3) is 0.556. The van der Waals surface area contributed by atoms with E-state index in [0.717, 1.165) is 35.3 Å². The summed E-state index contributed by atoms with van der Waals surface area (Å²) < 4.78 is 2.23. The van der Waals surface area contributed by atoms with Crippen LogP contribution in [0.25, 0.3) is 11.0 Å². The van der Waals surface area contributed by atoms with Crippen molar-refractivity contribution < 1.29 is 4.79 Å². The molecule has 0 atom stereocenters. The molecule has 0 aliphatic heterocycles. The van der Waals surface area contributed by atoms with Crippen molar-refractivity contribution in [2.75, 3.05) is 0 Å². The number of hydrogen-bond donors (Lipinski definition) is 1. The molecule has 22 heavy (non-hydrogen) atoms. The fourth-order valence-electron chi connectivity index (χ4n) is 3.56. The molecule has 0 unspecified atom stereocenters. The minimum absolute atomic E-state index is 0.131. The van der Waals surface area contributed by atoms with E-state index in [0.29, 0.717) is 18.5 Å². The maximum atomic E-state index is 12.1. The number of aromatic nitrogens is 2. The summed E-state index contributed by atoms with van der Waals surface area (Å²) in [6, 6.07) is 6.97. The number of nitrogens with zero attached hydrogens (tertiary/aromatic N) is 2. The first-order valence-corrected chi connectivity index (χ1v) is 8.31. The Balaban J connectivity index is 1.76. The van der Waals surface area contributed by atoms with Crippen molar-refractivity contribution in [2.24, 2.45) is 0 Å². The Morgan fingerprint density at radius 2 is 2.09 bits per heavy atom. The molecule has 1 aromatic heterocycles. The highest BCUT2D eigenvalue weighted by molar-refractivity contribution is 5.82. The van der Waals surface area contributed by atoms with E-state index in [2.05, 4.69) is 46.9 Å². The number of imidazole rings is 1. The Hall–Kier alpha value is -1.84. The standard InChI is InChI=1S/C18H25N3O/c1-12(2)21-13(3)19-16-10-14(8-9-17(16)21)11-18(22)20-15-6-4-5-7-15/h8-10,12,15H,4-7,11H2,1-3H3,(H,20,22). The van der Waals surface area contributed by atoms with Crippen LogP contribution >= 0.6 is 0 Å². The highest BCUT2D eigenvalue weighted by Crippen LogP contribution is 2.22. The molecule has 4 nitrogen and oxygen atoms in total. The second-order valence-electron chi connectivity index (χ2n) is 6.67. The Bertz CT molecular complexity index is 681. The van der Waals surface area contributed by atoms with Crippen LogP contribution in [0.3, 0.4) is 0 Å². The van der Waals surface area contributed by atoms with Crippen molar-refractivity contribution in [3.63, 3.8) is 0 Å². The monoisotopic (exact) mass is 299 g/mol. The largest absolute Gasteiger partial charge is 0.353 e. The van der Waals surface area contributed by atoms with Crippen LogP contribution in [0.4, 0.5) is 0 Å². The van der Waals surface area contributed by atoms with Crippen LogP contribution in [-0.2, 0) is 11.2 Å². The van der Waals surface area contributed by atoms with Crippen molar-refractivity contribution in [2.45, 2.75) is 65.0 Å². The number of fused-ring (bicyclic) bond motifs is 1. The third kappa shape index (κ3) is 3.01. The van der Waals surface area contributed by atoms with Gasteiger partial charge in [-0.05, 0) is 51.3 Å². The minimum Gasteiger partial charge on any atom is -0.353 e. The minimum atomic E-state index is 0.131. The average molecular weight is 299 g/mol. The van der Waals surface area contributed by atoms with Crippen molar-refractivity contribution in [1.82, 2.24) is 14.9 Å². The second-order valence-corrected chi connectivity index (χ2v) is 6.67. The van der Waals surface area contributed by atoms with Gasteiger partial charge in [-0.3, -0.25) is 4.79 Å². The lowest BCUT2D eigenvalue weighted by atomic mass is 10.1. The predicted octanol–water partition coefficient (Wildman–Crippen LogP) is 3.53. The number of aryl methyl sites for hydroxylation is 1. The van der Waals surface area contributed by atoms with Crippen molar-refractivity contribution >= 4 is 16.9 Å². The van der Waals surface area contributed by atoms with Crippen LogP contribution in [0, 0.1) is 6.92 Å². The third-order valence-electron chi connectivity index (χ3n) is 4.53. The number of rotatable bonds is 4. The summed E-state index contributed by atoms with van der Waals surface area (Å²) in [5.41, 5.74) is 3.17. The first kappa shape index (κ1) is 15.1. The zero-order valence-electron chi connectivity index (χ0n) is 13.7. The Kier molecular flexibility index (Phi) is 4.19. The zero-order valence-corrected chi connectivity index (χ0v) is 13.7. The summed E-state index contributed by atoms with van der Waals surface area (Å²) in [6.45, 7) is 6.36. The number of amides is 1. The topological polar surface area (TPSA) is 46.9 Å². The molecule has 1 amide bonds. The molecule has 1 fully saturated rings. The van der Waals surface area contributed by atoms with Crippen molar-refractivity contribution in [1.29, 1.82) is 0 Å². The van der Waals surface area contributed by atoms with Crippen molar-refractivity contribution in [3.05, 3.63) is 29.6 Å². The first-order valence-electron chi connectivity index (χ1n) is 8.31. The summed E-state index contributed by atoms with van der Waals surface area (Å²) in [5.74, 6) is 1.16. The lowest BCUT2D eigenvalue weighted by Gasteiger charge is -2.12. The quantitative estimate of drug-likeness (QED) is 0.939. The summed E-state index contributed by atoms with van der Waals surface area (Å²) in [7, 11) is 0. The number of carbonyl (C=O) groups is 1. The lowest BCUT2D eigenvalue weighted by Crippen LogP contribution is -2.33. The molecule has 0 saturated heterocycles. The van der Waals surface area contributed by atoms with Gasteiger partial charge in [0.15, 0.2) is 0 Å². The first-order chi connectivity index (χ1) is 10.5. The molecule has 1 aliphatic rings. The van der Waals surface area contributed by atoms with E-state index in [-0.39, 0.29) is 5.91 Å². The van der Waals surface area contributed by atoms with Gasteiger partial charge in [-0.15, -0.1) is 0 Å². The third-order valence-corrected chi connectivity index (χ3v) is 4.53. The molecular weight excluding hydrogens is 274 g/mol. The number of hydrogen-bond acceptors (Lipinski definition) is 2. The van der Waals surface area contributed by atoms with Gasteiger partial charge in [0.05, 0.1) is 17.5 Å². The summed E-state index contributed by atoms with van der Waals surface area (Å²) in [6.07, 6.45) is 5.18. The Labute approximate surface area is 131 Å². The van der Waals surface area contributed by atoms with Crippen LogP contribution in [0.15, 0.2) is 18.2 Å². The highest BCUT2D eigenvalue weighted by atomic mass is 16.1. The van der Waals surface area contributed by atoms with Crippen LogP contribution in [0.5, 0.6) is 0 Å². The summed E-state index contributed by atoms with van der Waals surface area (Å²) in [4.78, 5) is 16.8. The van der Waals surface area contributed by atoms with E-state index in [1.807, 2.05) is 6.92 Å². The molecule has 0 radical (unpaired) electrons. The van der Waals surface area contributed by atoms with Gasteiger partial charge in [-0.2, -0.15) is 0 Å². The van der Waals surface area contributed by atoms with Crippen molar-refractivity contribution in [3.8, 4) is 0 Å². The number of benzene rings is 1. The second kappa shape index (κ2) is 6.11. The number of carbonyl (C=O) groups excluding carboxylic acids is 1. The van der Waals surface area contributed by atoms with Gasteiger partial charge in [-0.1, -0.05) is 18.9 Å². The molecular formula is C18H25N3O. The van der Waals surface area contributed by atoms with Gasteiger partial charge in [0, 0.05) is 12.1 Å². The van der Waals surface area contributed by atoms with Crippen LogP contribution in [0.1, 0.15) is 57.0 Å². The van der Waals surface area contributed by atoms with Gasteiger partial charge in [0.25, 0.3) is 0 Å². The van der Waals surface area contributed by atoms with Gasteiger partial charge < -0.3 is 9.88 Å². The Morgan fingerprint density at radius 1 is 1.36 bits per heavy atom. The summed E-state index contributed by atoms with van der Waals surface area (Å²) in [5, 5.41) is 3.15. The molecule has 2 aromatic rings. The molecule has 4 heteroatoms. The molecule has 1 aromatic carbocycles. The van der Waals surface area contributed by atoms with Crippen LogP contribution in [-0.4, -0.2) is 21.5 Å². The molecule has 1 aliphatic carbocycles.